The molecule has 2 N–H and O–H groups in total. The van der Waals surface area contributed by atoms with Gasteiger partial charge < -0.3 is 5.11 Å². The molecule has 7 nitrogen and oxygen atoms in total. The summed E-state index contributed by atoms with van der Waals surface area (Å²) in [5, 5.41) is 18.1. The molecule has 0 spiro atoms. The van der Waals surface area contributed by atoms with Crippen molar-refractivity contribution in [2.75, 3.05) is 5.75 Å². The van der Waals surface area contributed by atoms with Gasteiger partial charge in [-0.2, -0.15) is 13.7 Å². The minimum Gasteiger partial charge on any atom is -0.494 e. The van der Waals surface area contributed by atoms with E-state index in [4.69, 9.17) is 9.81 Å². The van der Waals surface area contributed by atoms with Crippen LogP contribution in [0.3, 0.4) is 0 Å². The first-order valence-electron chi connectivity index (χ1n) is 4.47. The van der Waals surface area contributed by atoms with E-state index in [1.807, 2.05) is 0 Å². The van der Waals surface area contributed by atoms with Crippen molar-refractivity contribution in [1.29, 1.82) is 5.26 Å². The Hall–Kier alpha value is -1.85. The SMILES string of the molecule is Cc1[c]c(O)n(CCS(=O)(=O)O)c(=O)c1C#N. The molecule has 0 amide bonds. The molecule has 0 aliphatic rings. The molecule has 0 aliphatic carbocycles. The molecule has 0 saturated heterocycles. The van der Waals surface area contributed by atoms with Crippen LogP contribution in [-0.4, -0.2) is 28.4 Å². The van der Waals surface area contributed by atoms with Gasteiger partial charge in [-0.1, -0.05) is 0 Å². The quantitative estimate of drug-likeness (QED) is 0.699. The van der Waals surface area contributed by atoms with E-state index in [0.29, 0.717) is 4.57 Å². The summed E-state index contributed by atoms with van der Waals surface area (Å²) < 4.78 is 30.3. The second-order valence-corrected chi connectivity index (χ2v) is 4.88. The highest BCUT2D eigenvalue weighted by Crippen LogP contribution is 2.10. The Morgan fingerprint density at radius 3 is 2.59 bits per heavy atom. The fourth-order valence-electron chi connectivity index (χ4n) is 1.23. The molecule has 0 saturated carbocycles. The lowest BCUT2D eigenvalue weighted by Gasteiger charge is -2.08. The number of aryl methyl sites for hydroxylation is 1. The van der Waals surface area contributed by atoms with E-state index in [1.165, 1.54) is 6.92 Å². The van der Waals surface area contributed by atoms with Crippen LogP contribution in [-0.2, 0) is 16.7 Å². The van der Waals surface area contributed by atoms with Crippen molar-refractivity contribution < 1.29 is 18.1 Å². The van der Waals surface area contributed by atoms with E-state index in [9.17, 15) is 18.3 Å². The summed E-state index contributed by atoms with van der Waals surface area (Å²) in [7, 11) is -4.25. The van der Waals surface area contributed by atoms with Gasteiger partial charge in [-0.3, -0.25) is 13.9 Å². The Kier molecular flexibility index (Phi) is 3.55. The second-order valence-electron chi connectivity index (χ2n) is 3.30. The number of nitrogens with zero attached hydrogens (tertiary/aromatic N) is 2. The molecule has 1 radical (unpaired) electrons. The number of rotatable bonds is 3. The van der Waals surface area contributed by atoms with E-state index in [0.717, 1.165) is 0 Å². The third kappa shape index (κ3) is 3.05. The fourth-order valence-corrected chi connectivity index (χ4v) is 1.65. The average molecular weight is 257 g/mol. The van der Waals surface area contributed by atoms with Crippen molar-refractivity contribution in [3.05, 3.63) is 27.5 Å². The van der Waals surface area contributed by atoms with Crippen LogP contribution >= 0.6 is 0 Å². The molecule has 1 rings (SSSR count). The van der Waals surface area contributed by atoms with Gasteiger partial charge in [0, 0.05) is 6.54 Å². The zero-order chi connectivity index (χ0) is 13.2. The topological polar surface area (TPSA) is 120 Å². The van der Waals surface area contributed by atoms with Gasteiger partial charge in [-0.05, 0) is 12.5 Å². The van der Waals surface area contributed by atoms with Crippen LogP contribution in [0.4, 0.5) is 0 Å². The third-order valence-corrected chi connectivity index (χ3v) is 2.77. The number of aromatic nitrogens is 1. The van der Waals surface area contributed by atoms with Gasteiger partial charge in [0.15, 0.2) is 0 Å². The second kappa shape index (κ2) is 4.57. The van der Waals surface area contributed by atoms with Gasteiger partial charge in [-0.25, -0.2) is 0 Å². The van der Waals surface area contributed by atoms with Crippen molar-refractivity contribution in [1.82, 2.24) is 4.57 Å². The Labute approximate surface area is 97.3 Å². The maximum atomic E-state index is 11.6. The fraction of sp³-hybridized carbons (Fsp3) is 0.333. The number of hydrogen-bond donors (Lipinski definition) is 2. The molecule has 0 fully saturated rings. The van der Waals surface area contributed by atoms with Crippen LogP contribution in [0.25, 0.3) is 0 Å². The predicted molar refractivity (Wildman–Crippen MR) is 57.1 cm³/mol. The molecule has 1 aromatic rings. The first-order chi connectivity index (χ1) is 7.76. The standard InChI is InChI=1S/C9H9N2O5S/c1-6-4-8(12)11(2-3-17(14,15)16)9(13)7(6)5-10/h12H,2-3H2,1H3,(H,14,15,16). The Balaban J connectivity index is 3.27. The van der Waals surface area contributed by atoms with Crippen LogP contribution in [0.1, 0.15) is 11.1 Å². The van der Waals surface area contributed by atoms with Gasteiger partial charge in [0.1, 0.15) is 11.6 Å². The third-order valence-electron chi connectivity index (χ3n) is 2.07. The molecule has 8 heteroatoms. The maximum Gasteiger partial charge on any atom is 0.271 e. The van der Waals surface area contributed by atoms with Crippen LogP contribution in [0, 0.1) is 24.3 Å². The van der Waals surface area contributed by atoms with Crippen molar-refractivity contribution >= 4 is 10.1 Å². The minimum absolute atomic E-state index is 0.179. The highest BCUT2D eigenvalue weighted by atomic mass is 32.2. The summed E-state index contributed by atoms with van der Waals surface area (Å²) in [6.45, 7) is 0.974. The lowest BCUT2D eigenvalue weighted by molar-refractivity contribution is 0.406. The van der Waals surface area contributed by atoms with E-state index in [1.54, 1.807) is 6.07 Å². The van der Waals surface area contributed by atoms with Crippen LogP contribution in [0.15, 0.2) is 4.79 Å². The summed E-state index contributed by atoms with van der Waals surface area (Å²) in [6, 6.07) is 4.00. The molecule has 0 unspecified atom stereocenters. The van der Waals surface area contributed by atoms with Gasteiger partial charge in [-0.15, -0.1) is 0 Å². The van der Waals surface area contributed by atoms with Crippen LogP contribution in [0.5, 0.6) is 5.88 Å². The predicted octanol–water partition coefficient (Wildman–Crippen LogP) is -0.578. The highest BCUT2D eigenvalue weighted by Gasteiger charge is 2.14. The molecule has 0 bridgehead atoms. The Morgan fingerprint density at radius 1 is 1.53 bits per heavy atom. The molecular formula is C9H9N2O5S. The number of hydrogen-bond acceptors (Lipinski definition) is 5. The van der Waals surface area contributed by atoms with Gasteiger partial charge in [0.05, 0.1) is 11.8 Å². The van der Waals surface area contributed by atoms with Gasteiger partial charge in [0.25, 0.3) is 15.7 Å². The molecule has 0 aliphatic heterocycles. The van der Waals surface area contributed by atoms with E-state index < -0.39 is 33.9 Å². The highest BCUT2D eigenvalue weighted by molar-refractivity contribution is 7.85. The number of pyridine rings is 1. The van der Waals surface area contributed by atoms with Crippen LogP contribution in [0.2, 0.25) is 0 Å². The van der Waals surface area contributed by atoms with Crippen molar-refractivity contribution in [3.63, 3.8) is 0 Å². The molecule has 17 heavy (non-hydrogen) atoms. The first-order valence-corrected chi connectivity index (χ1v) is 6.08. The van der Waals surface area contributed by atoms with Gasteiger partial charge >= 0.3 is 0 Å². The summed E-state index contributed by atoms with van der Waals surface area (Å²) in [5.74, 6) is -1.31. The lowest BCUT2D eigenvalue weighted by atomic mass is 10.2. The lowest BCUT2D eigenvalue weighted by Crippen LogP contribution is -2.26. The zero-order valence-electron chi connectivity index (χ0n) is 8.84. The molecule has 1 heterocycles. The summed E-state index contributed by atoms with van der Waals surface area (Å²) in [5.41, 5.74) is -0.860. The smallest absolute Gasteiger partial charge is 0.271 e. The monoisotopic (exact) mass is 257 g/mol. The number of nitriles is 1. The molecular weight excluding hydrogens is 248 g/mol. The van der Waals surface area contributed by atoms with Crippen molar-refractivity contribution in [2.45, 2.75) is 13.5 Å². The summed E-state index contributed by atoms with van der Waals surface area (Å²) in [4.78, 5) is 11.6. The van der Waals surface area contributed by atoms with Gasteiger partial charge in [0.2, 0.25) is 5.88 Å². The van der Waals surface area contributed by atoms with Crippen molar-refractivity contribution in [2.24, 2.45) is 0 Å². The summed E-state index contributed by atoms with van der Waals surface area (Å²) in [6.07, 6.45) is 0. The first kappa shape index (κ1) is 13.2. The average Bonchev–Trinajstić information content (AvgIpc) is 2.15. The minimum atomic E-state index is -4.25. The van der Waals surface area contributed by atoms with E-state index in [-0.39, 0.29) is 11.1 Å². The Morgan fingerprint density at radius 2 is 2.12 bits per heavy atom. The number of aromatic hydroxyl groups is 1. The zero-order valence-corrected chi connectivity index (χ0v) is 9.65. The molecule has 1 aromatic heterocycles. The maximum absolute atomic E-state index is 11.6. The summed E-state index contributed by atoms with van der Waals surface area (Å²) >= 11 is 0. The van der Waals surface area contributed by atoms with E-state index in [2.05, 4.69) is 6.07 Å². The molecule has 91 valence electrons. The molecule has 0 atom stereocenters. The normalized spacial score (nSPS) is 11.1. The Bertz CT molecular complexity index is 639. The van der Waals surface area contributed by atoms with Crippen LogP contribution < -0.4 is 5.56 Å². The van der Waals surface area contributed by atoms with E-state index >= 15 is 0 Å². The molecule has 0 aromatic carbocycles. The van der Waals surface area contributed by atoms with Crippen molar-refractivity contribution in [3.8, 4) is 11.9 Å². The largest absolute Gasteiger partial charge is 0.494 e.